The van der Waals surface area contributed by atoms with E-state index < -0.39 is 0 Å². The first kappa shape index (κ1) is 14.7. The number of hydrogen-bond acceptors (Lipinski definition) is 7. The zero-order chi connectivity index (χ0) is 15.1. The highest BCUT2D eigenvalue weighted by Crippen LogP contribution is 2.15. The predicted octanol–water partition coefficient (Wildman–Crippen LogP) is 1.46. The van der Waals surface area contributed by atoms with Crippen LogP contribution in [0.1, 0.15) is 5.56 Å². The quantitative estimate of drug-likeness (QED) is 0.829. The second-order valence-corrected chi connectivity index (χ2v) is 4.71. The molecular weight excluding hydrogens is 266 g/mol. The maximum Gasteiger partial charge on any atom is 0.244 e. The van der Waals surface area contributed by atoms with Gasteiger partial charge in [-0.2, -0.15) is 15.3 Å². The lowest BCUT2D eigenvalue weighted by atomic mass is 10.2. The lowest BCUT2D eigenvalue weighted by molar-refractivity contribution is 0.425. The molecule has 21 heavy (non-hydrogen) atoms. The Morgan fingerprint density at radius 1 is 1.33 bits per heavy atom. The van der Waals surface area contributed by atoms with Gasteiger partial charge in [0.05, 0.1) is 17.8 Å². The lowest BCUT2D eigenvalue weighted by Crippen LogP contribution is -2.21. The molecule has 0 saturated heterocycles. The normalized spacial score (nSPS) is 10.2. The van der Waals surface area contributed by atoms with E-state index >= 15 is 0 Å². The van der Waals surface area contributed by atoms with Crippen molar-refractivity contribution in [3.8, 4) is 6.07 Å². The van der Waals surface area contributed by atoms with Crippen molar-refractivity contribution in [2.24, 2.45) is 0 Å². The van der Waals surface area contributed by atoms with Gasteiger partial charge in [0, 0.05) is 18.8 Å². The highest BCUT2D eigenvalue weighted by molar-refractivity contribution is 5.58. The number of anilines is 3. The molecule has 1 heterocycles. The van der Waals surface area contributed by atoms with E-state index in [1.807, 2.05) is 26.2 Å². The highest BCUT2D eigenvalue weighted by atomic mass is 15.3. The zero-order valence-corrected chi connectivity index (χ0v) is 12.0. The molecule has 0 saturated carbocycles. The number of benzene rings is 1. The van der Waals surface area contributed by atoms with E-state index in [1.54, 1.807) is 12.1 Å². The van der Waals surface area contributed by atoms with Crippen LogP contribution in [0.4, 0.5) is 17.5 Å². The third kappa shape index (κ3) is 4.71. The molecule has 7 nitrogen and oxygen atoms in total. The number of rotatable bonds is 6. The van der Waals surface area contributed by atoms with Crippen LogP contribution in [0.25, 0.3) is 0 Å². The van der Waals surface area contributed by atoms with E-state index in [0.717, 1.165) is 18.8 Å². The van der Waals surface area contributed by atoms with Crippen LogP contribution in [0.2, 0.25) is 0 Å². The van der Waals surface area contributed by atoms with Gasteiger partial charge in [0.1, 0.15) is 0 Å². The van der Waals surface area contributed by atoms with Crippen molar-refractivity contribution in [2.75, 3.05) is 37.8 Å². The van der Waals surface area contributed by atoms with E-state index in [0.29, 0.717) is 17.3 Å². The van der Waals surface area contributed by atoms with Crippen LogP contribution in [-0.4, -0.2) is 47.3 Å². The van der Waals surface area contributed by atoms with Gasteiger partial charge in [0.25, 0.3) is 0 Å². The van der Waals surface area contributed by atoms with Gasteiger partial charge in [0.15, 0.2) is 5.82 Å². The fourth-order valence-corrected chi connectivity index (χ4v) is 1.64. The summed E-state index contributed by atoms with van der Waals surface area (Å²) in [4.78, 5) is 6.39. The Morgan fingerprint density at radius 3 is 2.95 bits per heavy atom. The second-order valence-electron chi connectivity index (χ2n) is 4.71. The van der Waals surface area contributed by atoms with Crippen molar-refractivity contribution < 1.29 is 0 Å². The predicted molar refractivity (Wildman–Crippen MR) is 81.3 cm³/mol. The SMILES string of the molecule is CN(C)CCNc1nncc(Nc2cccc(C#N)c2)n1. The summed E-state index contributed by atoms with van der Waals surface area (Å²) in [5.74, 6) is 1.05. The Balaban J connectivity index is 2.02. The van der Waals surface area contributed by atoms with Crippen molar-refractivity contribution >= 4 is 17.5 Å². The number of nitrogens with one attached hydrogen (secondary N) is 2. The first-order valence-corrected chi connectivity index (χ1v) is 6.53. The van der Waals surface area contributed by atoms with Crippen LogP contribution in [0.3, 0.4) is 0 Å². The number of nitrogens with zero attached hydrogens (tertiary/aromatic N) is 5. The first-order valence-electron chi connectivity index (χ1n) is 6.53. The van der Waals surface area contributed by atoms with Crippen molar-refractivity contribution in [3.63, 3.8) is 0 Å². The van der Waals surface area contributed by atoms with Gasteiger partial charge in [-0.1, -0.05) is 6.07 Å². The minimum atomic E-state index is 0.471. The van der Waals surface area contributed by atoms with Crippen molar-refractivity contribution in [1.82, 2.24) is 20.1 Å². The molecule has 2 N–H and O–H groups in total. The van der Waals surface area contributed by atoms with Crippen molar-refractivity contribution in [2.45, 2.75) is 0 Å². The van der Waals surface area contributed by atoms with Gasteiger partial charge in [0.2, 0.25) is 5.95 Å². The minimum Gasteiger partial charge on any atom is -0.352 e. The number of nitriles is 1. The lowest BCUT2D eigenvalue weighted by Gasteiger charge is -2.10. The second kappa shape index (κ2) is 7.17. The molecule has 0 radical (unpaired) electrons. The summed E-state index contributed by atoms with van der Waals surface area (Å²) in [6.45, 7) is 1.62. The van der Waals surface area contributed by atoms with Gasteiger partial charge in [-0.05, 0) is 32.3 Å². The molecule has 0 amide bonds. The van der Waals surface area contributed by atoms with Crippen molar-refractivity contribution in [3.05, 3.63) is 36.0 Å². The smallest absolute Gasteiger partial charge is 0.244 e. The summed E-state index contributed by atoms with van der Waals surface area (Å²) in [5, 5.41) is 22.9. The van der Waals surface area contributed by atoms with E-state index in [2.05, 4.69) is 36.8 Å². The summed E-state index contributed by atoms with van der Waals surface area (Å²) in [7, 11) is 4.00. The van der Waals surface area contributed by atoms with E-state index in [4.69, 9.17) is 5.26 Å². The van der Waals surface area contributed by atoms with E-state index in [9.17, 15) is 0 Å². The molecule has 108 valence electrons. The Kier molecular flexibility index (Phi) is 5.01. The van der Waals surface area contributed by atoms with Crippen LogP contribution in [0.15, 0.2) is 30.5 Å². The van der Waals surface area contributed by atoms with E-state index in [-0.39, 0.29) is 0 Å². The van der Waals surface area contributed by atoms with E-state index in [1.165, 1.54) is 6.20 Å². The third-order valence-corrected chi connectivity index (χ3v) is 2.67. The molecule has 0 aliphatic heterocycles. The molecule has 7 heteroatoms. The minimum absolute atomic E-state index is 0.471. The van der Waals surface area contributed by atoms with Crippen molar-refractivity contribution in [1.29, 1.82) is 5.26 Å². The topological polar surface area (TPSA) is 89.8 Å². The number of likely N-dealkylation sites (N-methyl/N-ethyl adjacent to an activating group) is 1. The molecule has 0 fully saturated rings. The summed E-state index contributed by atoms with van der Waals surface area (Å²) >= 11 is 0. The number of aromatic nitrogens is 3. The summed E-state index contributed by atoms with van der Waals surface area (Å²) in [5.41, 5.74) is 1.38. The molecule has 2 rings (SSSR count). The van der Waals surface area contributed by atoms with Gasteiger partial charge < -0.3 is 15.5 Å². The Labute approximate surface area is 123 Å². The monoisotopic (exact) mass is 283 g/mol. The van der Waals surface area contributed by atoms with Crippen LogP contribution < -0.4 is 10.6 Å². The molecule has 2 aromatic rings. The highest BCUT2D eigenvalue weighted by Gasteiger charge is 2.02. The average molecular weight is 283 g/mol. The van der Waals surface area contributed by atoms with Gasteiger partial charge in [-0.3, -0.25) is 0 Å². The first-order chi connectivity index (χ1) is 10.2. The molecule has 1 aromatic heterocycles. The Morgan fingerprint density at radius 2 is 2.19 bits per heavy atom. The fraction of sp³-hybridized carbons (Fsp3) is 0.286. The van der Waals surface area contributed by atoms with Gasteiger partial charge >= 0.3 is 0 Å². The average Bonchev–Trinajstić information content (AvgIpc) is 2.47. The molecule has 0 bridgehead atoms. The van der Waals surface area contributed by atoms with Crippen LogP contribution >= 0.6 is 0 Å². The standard InChI is InChI=1S/C14H17N7/c1-21(2)7-6-16-14-19-13(10-17-20-14)18-12-5-3-4-11(8-12)9-15/h3-5,8,10H,6-7H2,1-2H3,(H2,16,18,19,20). The molecular formula is C14H17N7. The summed E-state index contributed by atoms with van der Waals surface area (Å²) < 4.78 is 0. The molecule has 0 atom stereocenters. The van der Waals surface area contributed by atoms with Gasteiger partial charge in [-0.15, -0.1) is 5.10 Å². The Hall–Kier alpha value is -2.72. The zero-order valence-electron chi connectivity index (χ0n) is 12.0. The molecule has 0 unspecified atom stereocenters. The maximum atomic E-state index is 8.88. The Bertz CT molecular complexity index is 633. The van der Waals surface area contributed by atoms with Gasteiger partial charge in [-0.25, -0.2) is 0 Å². The molecule has 1 aromatic carbocycles. The third-order valence-electron chi connectivity index (χ3n) is 2.67. The largest absolute Gasteiger partial charge is 0.352 e. The summed E-state index contributed by atoms with van der Waals surface area (Å²) in [6, 6.07) is 9.27. The molecule has 0 aliphatic carbocycles. The van der Waals surface area contributed by atoms with Crippen LogP contribution in [0.5, 0.6) is 0 Å². The molecule has 0 aliphatic rings. The molecule has 0 spiro atoms. The fourth-order valence-electron chi connectivity index (χ4n) is 1.64. The maximum absolute atomic E-state index is 8.88. The number of hydrogen-bond donors (Lipinski definition) is 2. The summed E-state index contributed by atoms with van der Waals surface area (Å²) in [6.07, 6.45) is 1.54. The van der Waals surface area contributed by atoms with Crippen LogP contribution in [0, 0.1) is 11.3 Å². The van der Waals surface area contributed by atoms with Crippen LogP contribution in [-0.2, 0) is 0 Å².